The lowest BCUT2D eigenvalue weighted by atomic mass is 10.00. The molecule has 0 aliphatic heterocycles. The van der Waals surface area contributed by atoms with E-state index in [9.17, 15) is 0 Å². The summed E-state index contributed by atoms with van der Waals surface area (Å²) in [5.41, 5.74) is 5.31. The molecule has 0 radical (unpaired) electrons. The van der Waals surface area contributed by atoms with Gasteiger partial charge in [0.05, 0.1) is 5.69 Å². The molecule has 0 saturated carbocycles. The van der Waals surface area contributed by atoms with Crippen molar-refractivity contribution in [3.63, 3.8) is 0 Å². The van der Waals surface area contributed by atoms with Crippen molar-refractivity contribution in [2.24, 2.45) is 0 Å². The fraction of sp³-hybridized carbons (Fsp3) is 0.0588. The molecule has 0 N–H and O–H groups in total. The van der Waals surface area contributed by atoms with E-state index in [0.29, 0.717) is 0 Å². The molecule has 0 fully saturated rings. The van der Waals surface area contributed by atoms with E-state index in [1.165, 1.54) is 5.56 Å². The molecule has 0 amide bonds. The number of hydrogen-bond donors (Lipinski definition) is 0. The third-order valence-electron chi connectivity index (χ3n) is 3.16. The van der Waals surface area contributed by atoms with Crippen LogP contribution in [0.15, 0.2) is 61.1 Å². The summed E-state index contributed by atoms with van der Waals surface area (Å²) >= 11 is 5.95. The molecule has 0 saturated heterocycles. The molecule has 0 spiro atoms. The average molecular weight is 281 g/mol. The Morgan fingerprint density at radius 1 is 0.950 bits per heavy atom. The van der Waals surface area contributed by atoms with Gasteiger partial charge in [-0.05, 0) is 30.7 Å². The zero-order valence-corrected chi connectivity index (χ0v) is 11.8. The maximum absolute atomic E-state index is 5.95. The van der Waals surface area contributed by atoms with Crippen molar-refractivity contribution in [1.82, 2.24) is 9.97 Å². The monoisotopic (exact) mass is 280 g/mol. The molecular weight excluding hydrogens is 268 g/mol. The fourth-order valence-corrected chi connectivity index (χ4v) is 2.32. The number of rotatable bonds is 2. The largest absolute Gasteiger partial charge is 0.244 e. The van der Waals surface area contributed by atoms with Crippen molar-refractivity contribution in [2.75, 3.05) is 0 Å². The summed E-state index contributed by atoms with van der Waals surface area (Å²) in [6.45, 7) is 2.08. The molecular formula is C17H13ClN2. The van der Waals surface area contributed by atoms with Gasteiger partial charge >= 0.3 is 0 Å². The minimum absolute atomic E-state index is 0.725. The first-order chi connectivity index (χ1) is 9.74. The Bertz CT molecular complexity index is 736. The van der Waals surface area contributed by atoms with Crippen molar-refractivity contribution in [2.45, 2.75) is 6.92 Å². The highest BCUT2D eigenvalue weighted by molar-refractivity contribution is 6.30. The second kappa shape index (κ2) is 5.43. The molecule has 3 rings (SSSR count). The second-order valence-corrected chi connectivity index (χ2v) is 5.10. The summed E-state index contributed by atoms with van der Waals surface area (Å²) in [6, 6.07) is 16.0. The molecule has 0 unspecified atom stereocenters. The van der Waals surface area contributed by atoms with Crippen LogP contribution >= 0.6 is 11.6 Å². The molecule has 20 heavy (non-hydrogen) atoms. The van der Waals surface area contributed by atoms with E-state index in [4.69, 9.17) is 11.6 Å². The maximum Gasteiger partial charge on any atom is 0.116 e. The van der Waals surface area contributed by atoms with Gasteiger partial charge in [-0.15, -0.1) is 0 Å². The van der Waals surface area contributed by atoms with Crippen molar-refractivity contribution < 1.29 is 0 Å². The Labute approximate surface area is 123 Å². The Hall–Kier alpha value is -2.19. The molecule has 2 nitrogen and oxygen atoms in total. The predicted octanol–water partition coefficient (Wildman–Crippen LogP) is 4.77. The zero-order valence-electron chi connectivity index (χ0n) is 11.0. The molecule has 0 atom stereocenters. The van der Waals surface area contributed by atoms with Crippen LogP contribution in [0, 0.1) is 6.92 Å². The molecule has 2 aromatic carbocycles. The van der Waals surface area contributed by atoms with E-state index >= 15 is 0 Å². The Morgan fingerprint density at radius 2 is 1.75 bits per heavy atom. The van der Waals surface area contributed by atoms with Crippen molar-refractivity contribution in [3.8, 4) is 22.4 Å². The van der Waals surface area contributed by atoms with Gasteiger partial charge in [-0.3, -0.25) is 0 Å². The van der Waals surface area contributed by atoms with Crippen molar-refractivity contribution in [3.05, 3.63) is 71.6 Å². The standard InChI is InChI=1S/C17H13ClN2/c1-12-3-2-4-14(9-12)17-16(10-19-11-20-17)13-5-7-15(18)8-6-13/h2-11H,1H3. The van der Waals surface area contributed by atoms with E-state index < -0.39 is 0 Å². The number of aryl methyl sites for hydroxylation is 1. The van der Waals surface area contributed by atoms with Gasteiger partial charge in [-0.1, -0.05) is 47.5 Å². The van der Waals surface area contributed by atoms with Gasteiger partial charge < -0.3 is 0 Å². The van der Waals surface area contributed by atoms with Gasteiger partial charge in [0.2, 0.25) is 0 Å². The van der Waals surface area contributed by atoms with Crippen LogP contribution < -0.4 is 0 Å². The number of halogens is 1. The second-order valence-electron chi connectivity index (χ2n) is 4.66. The highest BCUT2D eigenvalue weighted by Crippen LogP contribution is 2.30. The van der Waals surface area contributed by atoms with Gasteiger partial charge in [0.1, 0.15) is 6.33 Å². The molecule has 0 bridgehead atoms. The smallest absolute Gasteiger partial charge is 0.116 e. The van der Waals surface area contributed by atoms with Crippen LogP contribution in [-0.2, 0) is 0 Å². The van der Waals surface area contributed by atoms with Gasteiger partial charge in [0.15, 0.2) is 0 Å². The van der Waals surface area contributed by atoms with Gasteiger partial charge in [0.25, 0.3) is 0 Å². The molecule has 3 aromatic rings. The average Bonchev–Trinajstić information content (AvgIpc) is 2.48. The predicted molar refractivity (Wildman–Crippen MR) is 82.7 cm³/mol. The quantitative estimate of drug-likeness (QED) is 0.675. The summed E-state index contributed by atoms with van der Waals surface area (Å²) in [7, 11) is 0. The lowest BCUT2D eigenvalue weighted by Gasteiger charge is -2.09. The fourth-order valence-electron chi connectivity index (χ4n) is 2.19. The summed E-state index contributed by atoms with van der Waals surface area (Å²) in [5.74, 6) is 0. The van der Waals surface area contributed by atoms with E-state index in [1.807, 2.05) is 36.5 Å². The first kappa shape index (κ1) is 12.8. The lowest BCUT2D eigenvalue weighted by molar-refractivity contribution is 1.17. The topological polar surface area (TPSA) is 25.8 Å². The van der Waals surface area contributed by atoms with E-state index in [1.54, 1.807) is 6.33 Å². The third-order valence-corrected chi connectivity index (χ3v) is 3.41. The van der Waals surface area contributed by atoms with Crippen LogP contribution in [0.4, 0.5) is 0 Å². The van der Waals surface area contributed by atoms with Crippen molar-refractivity contribution >= 4 is 11.6 Å². The minimum Gasteiger partial charge on any atom is -0.244 e. The molecule has 1 heterocycles. The molecule has 3 heteroatoms. The number of aromatic nitrogens is 2. The molecule has 1 aromatic heterocycles. The maximum atomic E-state index is 5.95. The molecule has 0 aliphatic rings. The summed E-state index contributed by atoms with van der Waals surface area (Å²) < 4.78 is 0. The van der Waals surface area contributed by atoms with Crippen LogP contribution in [-0.4, -0.2) is 9.97 Å². The Balaban J connectivity index is 2.16. The Kier molecular flexibility index (Phi) is 3.48. The van der Waals surface area contributed by atoms with Gasteiger partial charge in [-0.25, -0.2) is 9.97 Å². The Morgan fingerprint density at radius 3 is 2.50 bits per heavy atom. The zero-order chi connectivity index (χ0) is 13.9. The van der Waals surface area contributed by atoms with Crippen LogP contribution in [0.2, 0.25) is 5.02 Å². The van der Waals surface area contributed by atoms with E-state index in [2.05, 4.69) is 35.1 Å². The van der Waals surface area contributed by atoms with E-state index in [0.717, 1.165) is 27.4 Å². The summed E-state index contributed by atoms with van der Waals surface area (Å²) in [4.78, 5) is 8.59. The van der Waals surface area contributed by atoms with Crippen LogP contribution in [0.1, 0.15) is 5.56 Å². The van der Waals surface area contributed by atoms with Crippen LogP contribution in [0.25, 0.3) is 22.4 Å². The number of benzene rings is 2. The highest BCUT2D eigenvalue weighted by atomic mass is 35.5. The normalized spacial score (nSPS) is 10.5. The SMILES string of the molecule is Cc1cccc(-c2ncncc2-c2ccc(Cl)cc2)c1. The minimum atomic E-state index is 0.725. The lowest BCUT2D eigenvalue weighted by Crippen LogP contribution is -1.91. The first-order valence-electron chi connectivity index (χ1n) is 6.37. The van der Waals surface area contributed by atoms with Crippen molar-refractivity contribution in [1.29, 1.82) is 0 Å². The number of nitrogens with zero attached hydrogens (tertiary/aromatic N) is 2. The van der Waals surface area contributed by atoms with Crippen LogP contribution in [0.3, 0.4) is 0 Å². The number of hydrogen-bond acceptors (Lipinski definition) is 2. The van der Waals surface area contributed by atoms with Crippen LogP contribution in [0.5, 0.6) is 0 Å². The summed E-state index contributed by atoms with van der Waals surface area (Å²) in [6.07, 6.45) is 3.42. The highest BCUT2D eigenvalue weighted by Gasteiger charge is 2.09. The first-order valence-corrected chi connectivity index (χ1v) is 6.75. The molecule has 98 valence electrons. The molecule has 0 aliphatic carbocycles. The summed E-state index contributed by atoms with van der Waals surface area (Å²) in [5, 5.41) is 0.725. The van der Waals surface area contributed by atoms with Gasteiger partial charge in [-0.2, -0.15) is 0 Å². The van der Waals surface area contributed by atoms with Gasteiger partial charge in [0, 0.05) is 22.3 Å². The van der Waals surface area contributed by atoms with E-state index in [-0.39, 0.29) is 0 Å². The third kappa shape index (κ3) is 2.56.